The van der Waals surface area contributed by atoms with E-state index in [0.717, 1.165) is 227 Å². The number of rotatable bonds is 5. The number of allylic oxidation sites excluding steroid dienone is 3. The highest BCUT2D eigenvalue weighted by molar-refractivity contribution is 5.81. The van der Waals surface area contributed by atoms with Crippen molar-refractivity contribution in [1.82, 2.24) is 0 Å². The maximum atomic E-state index is 12.2. The Morgan fingerprint density at radius 2 is 0.500 bits per heavy atom. The van der Waals surface area contributed by atoms with E-state index in [2.05, 4.69) is 131 Å². The second kappa shape index (κ2) is 38.4. The lowest BCUT2D eigenvalue weighted by atomic mass is 9.43. The van der Waals surface area contributed by atoms with Gasteiger partial charge in [-0.15, -0.1) is 0 Å². The molecular formula is C134H220O10. The number of hydrogen-bond acceptors (Lipinski definition) is 10. The fourth-order valence-electron chi connectivity index (χ4n) is 48.9. The van der Waals surface area contributed by atoms with Crippen molar-refractivity contribution >= 4 is 23.1 Å². The van der Waals surface area contributed by atoms with Gasteiger partial charge >= 0.3 is 0 Å². The van der Waals surface area contributed by atoms with Gasteiger partial charge in [-0.05, 0) is 636 Å². The maximum absolute atomic E-state index is 12.2. The van der Waals surface area contributed by atoms with Crippen LogP contribution in [0.4, 0.5) is 0 Å². The van der Waals surface area contributed by atoms with Crippen molar-refractivity contribution in [3.63, 3.8) is 0 Å². The number of hydrogen-bond donors (Lipinski definition) is 6. The standard InChI is InChI=1S/C23H40O2.2C23H38O.2C22H36O2.C21H32O2/c1-20(2,24)19-9-8-17-16-7-6-15-14-21(3,25)12-13-22(15,4)18(16)10-11-23(17,19)5;2*1-15(2)18-8-9-19-17-7-6-16-14-21(3,24)12-13-22(16,4)20(17)10-11-23(18,19)5;1-20(2,24)19-8-7-17-16-6-5-14-13-15(23)9-11-21(14,3)18(16)10-12-22(17,19)4;1-14(23)17-7-8-18-16-6-5-15-13-20(2,24)11-12-21(15,3)19(16)9-10-22(17,18)4;1-13(22)17-6-7-18-16-5-4-14-12-15(23)8-10-20(14,2)19(16)9-11-21(17,18)3/h15-19,24-25H,6-14H2,1-5H3;16-17,19-20,24H,6-14H2,1-5H3;16-20,24H,1,6-14H2,2-5H3;14,16-19,24H,5-13H2,1-4H3;15-19,24H,5-13H2,1-4H3;14,16-19H,4-12H2,1-3H3/t15-,16-,17-,18-,19+,21+,22-,23-;16-,17-,19-,20-,21+,22-,23+;16-,17-,18+,19-,20-,21+,22-,23+;14-,16-,17-,18-,19+,21-,22-;15-,16-,17+,18-,19-,20-,21-,22+;14-,16-,17+,18-,19-,20-,21+/m000000/s1. The molecule has 144 heavy (non-hydrogen) atoms. The molecule has 24 saturated carbocycles. The molecule has 0 heterocycles. The van der Waals surface area contributed by atoms with E-state index in [1.807, 2.05) is 54.0 Å². The van der Waals surface area contributed by atoms with E-state index in [1.54, 1.807) is 5.57 Å². The fourth-order valence-corrected chi connectivity index (χ4v) is 48.9. The summed E-state index contributed by atoms with van der Waals surface area (Å²) in [6, 6.07) is 0. The van der Waals surface area contributed by atoms with Crippen LogP contribution in [0.2, 0.25) is 0 Å². The van der Waals surface area contributed by atoms with E-state index in [1.165, 1.54) is 250 Å². The van der Waals surface area contributed by atoms with Crippen molar-refractivity contribution in [2.45, 2.75) is 553 Å². The average molecular weight is 1990 g/mol. The Morgan fingerprint density at radius 3 is 0.785 bits per heavy atom. The molecule has 0 aromatic rings. The zero-order valence-corrected chi connectivity index (χ0v) is 97.5. The lowest BCUT2D eigenvalue weighted by molar-refractivity contribution is -0.155. The number of fused-ring (bicyclic) bond motifs is 30. The molecule has 0 aromatic carbocycles. The molecule has 10 nitrogen and oxygen atoms in total. The van der Waals surface area contributed by atoms with Crippen LogP contribution in [0.15, 0.2) is 23.3 Å². The molecule has 0 aliphatic heterocycles. The molecule has 0 unspecified atom stereocenters. The summed E-state index contributed by atoms with van der Waals surface area (Å²) in [5, 5.41) is 63.9. The molecular weight excluding hydrogens is 1770 g/mol. The molecule has 0 spiro atoms. The molecule has 816 valence electrons. The molecule has 6 N–H and O–H groups in total. The molecule has 45 atom stereocenters. The van der Waals surface area contributed by atoms with Gasteiger partial charge in [0.05, 0.1) is 33.6 Å². The van der Waals surface area contributed by atoms with Gasteiger partial charge in [0.25, 0.3) is 0 Å². The van der Waals surface area contributed by atoms with Gasteiger partial charge in [-0.3, -0.25) is 19.2 Å². The Kier molecular flexibility index (Phi) is 29.4. The summed E-state index contributed by atoms with van der Waals surface area (Å²) >= 11 is 0. The van der Waals surface area contributed by atoms with Crippen LogP contribution in [0.3, 0.4) is 0 Å². The highest BCUT2D eigenvalue weighted by atomic mass is 16.3. The normalized spacial score (nSPS) is 54.7. The van der Waals surface area contributed by atoms with Gasteiger partial charge in [0.15, 0.2) is 0 Å². The van der Waals surface area contributed by atoms with Crippen LogP contribution in [0, 0.1) is 237 Å². The predicted octanol–water partition coefficient (Wildman–Crippen LogP) is 32.0. The summed E-state index contributed by atoms with van der Waals surface area (Å²) < 4.78 is 0. The lowest BCUT2D eigenvalue weighted by Gasteiger charge is -2.62. The molecule has 10 heteroatoms. The summed E-state index contributed by atoms with van der Waals surface area (Å²) in [5.74, 6) is 23.8. The molecule has 24 rings (SSSR count). The van der Waals surface area contributed by atoms with Crippen molar-refractivity contribution in [3.8, 4) is 0 Å². The lowest BCUT2D eigenvalue weighted by Crippen LogP contribution is -2.56. The Hall–Kier alpha value is -2.08. The molecule has 24 aliphatic rings. The predicted molar refractivity (Wildman–Crippen MR) is 587 cm³/mol. The average Bonchev–Trinajstić information content (AvgIpc) is 1.40. The first-order chi connectivity index (χ1) is 67.0. The molecule has 0 aromatic heterocycles. The van der Waals surface area contributed by atoms with E-state index in [4.69, 9.17) is 0 Å². The Bertz CT molecular complexity index is 4630. The molecule has 24 aliphatic carbocycles. The van der Waals surface area contributed by atoms with Crippen molar-refractivity contribution in [2.24, 2.45) is 237 Å². The van der Waals surface area contributed by atoms with Crippen LogP contribution in [-0.4, -0.2) is 87.4 Å². The Labute approximate surface area is 880 Å². The zero-order chi connectivity index (χ0) is 104. The molecule has 0 amide bonds. The van der Waals surface area contributed by atoms with Crippen molar-refractivity contribution < 1.29 is 49.8 Å². The summed E-state index contributed by atoms with van der Waals surface area (Å²) in [6.07, 6.45) is 66.2. The van der Waals surface area contributed by atoms with Gasteiger partial charge in [0, 0.05) is 37.5 Å². The summed E-state index contributed by atoms with van der Waals surface area (Å²) in [5.41, 5.74) is 6.99. The van der Waals surface area contributed by atoms with Gasteiger partial charge in [-0.1, -0.05) is 106 Å². The SMILES string of the molecule is C=C(C)[C@H]1CC[C@H]2[C@@H]3CC[C@H]4C[C@](C)(O)CC[C@]4(C)[C@H]3CC[C@]12C.CC(=O)[C@H]1CC[C@H]2[C@@H]3CC[C@H]4CC(=O)CC[C@]4(C)[C@H]3CC[C@]12C.CC(=O)[C@H]1CC[C@H]2[C@@H]3CC[C@H]4C[C@@](C)(O)CC[C@]4(C)[C@H]3CC[C@]12C.CC(C)(O)[C@H]1CC[C@H]2[C@@H]3CC[C@H]4CC(=O)CC[C@]4(C)[C@H]3CC[C@]12C.CC(C)(O)[C@H]1CC[C@H]2[C@@H]3CC[C@H]4C[C@](C)(O)CC[C@]4(C)[C@H]3CC[C@]12C.CC(C)=C1CC[C@H]2[C@@H]3CC[C@H]4C[C@](C)(O)CC[C@]4(C)[C@H]3CC[C@]12C. The highest BCUT2D eigenvalue weighted by Crippen LogP contribution is 2.77. The van der Waals surface area contributed by atoms with E-state index in [-0.39, 0.29) is 10.8 Å². The monoisotopic (exact) mass is 1990 g/mol. The molecule has 0 radical (unpaired) electrons. The van der Waals surface area contributed by atoms with Crippen LogP contribution >= 0.6 is 0 Å². The van der Waals surface area contributed by atoms with Crippen molar-refractivity contribution in [2.75, 3.05) is 0 Å². The third-order valence-corrected chi connectivity index (χ3v) is 56.4. The first-order valence-electron chi connectivity index (χ1n) is 62.7. The van der Waals surface area contributed by atoms with E-state index in [0.29, 0.717) is 125 Å². The van der Waals surface area contributed by atoms with E-state index < -0.39 is 33.6 Å². The molecule has 0 saturated heterocycles. The number of Topliss-reactive ketones (excluding diaryl/α,β-unsaturated/α-hetero) is 4. The van der Waals surface area contributed by atoms with Crippen LogP contribution in [0.5, 0.6) is 0 Å². The minimum absolute atomic E-state index is 0.265. The van der Waals surface area contributed by atoms with E-state index in [9.17, 15) is 49.8 Å². The topological polar surface area (TPSA) is 190 Å². The molecule has 24 fully saturated rings. The maximum Gasteiger partial charge on any atom is 0.133 e. The highest BCUT2D eigenvalue weighted by Gasteiger charge is 2.71. The van der Waals surface area contributed by atoms with Gasteiger partial charge in [0.2, 0.25) is 0 Å². The fraction of sp³-hybridized carbons (Fsp3) is 0.940. The summed E-state index contributed by atoms with van der Waals surface area (Å²) in [4.78, 5) is 48.3. The van der Waals surface area contributed by atoms with Gasteiger partial charge in [-0.2, -0.15) is 0 Å². The second-order valence-corrected chi connectivity index (χ2v) is 64.5. The first-order valence-corrected chi connectivity index (χ1v) is 62.7. The third-order valence-electron chi connectivity index (χ3n) is 56.4. The largest absolute Gasteiger partial charge is 0.390 e. The number of carbonyl (C=O) groups excluding carboxylic acids is 4. The Morgan fingerprint density at radius 1 is 0.257 bits per heavy atom. The summed E-state index contributed by atoms with van der Waals surface area (Å²) in [7, 11) is 0. The van der Waals surface area contributed by atoms with Crippen LogP contribution in [0.1, 0.15) is 520 Å². The first kappa shape index (κ1) is 110. The quantitative estimate of drug-likeness (QED) is 0.145. The number of carbonyl (C=O) groups is 4. The number of ketones is 4. The smallest absolute Gasteiger partial charge is 0.133 e. The van der Waals surface area contributed by atoms with Gasteiger partial charge < -0.3 is 30.6 Å². The number of aliphatic hydroxyl groups is 6. The van der Waals surface area contributed by atoms with Crippen LogP contribution in [0.25, 0.3) is 0 Å². The minimum atomic E-state index is -0.547. The van der Waals surface area contributed by atoms with E-state index >= 15 is 0 Å². The second-order valence-electron chi connectivity index (χ2n) is 64.5. The van der Waals surface area contributed by atoms with Crippen LogP contribution in [-0.2, 0) is 19.2 Å². The van der Waals surface area contributed by atoms with Gasteiger partial charge in [-0.25, -0.2) is 0 Å². The molecule has 0 bridgehead atoms. The zero-order valence-electron chi connectivity index (χ0n) is 97.5. The minimum Gasteiger partial charge on any atom is -0.390 e. The van der Waals surface area contributed by atoms with Crippen molar-refractivity contribution in [1.29, 1.82) is 0 Å². The third kappa shape index (κ3) is 18.5. The Balaban J connectivity index is 0.000000109. The van der Waals surface area contributed by atoms with Crippen molar-refractivity contribution in [3.05, 3.63) is 23.3 Å². The van der Waals surface area contributed by atoms with Gasteiger partial charge in [0.1, 0.15) is 23.1 Å². The summed E-state index contributed by atoms with van der Waals surface area (Å²) in [6.45, 7) is 61.7. The van der Waals surface area contributed by atoms with Crippen LogP contribution < -0.4 is 0 Å².